The number of ether oxygens (including phenoxy) is 1. The molecule has 0 radical (unpaired) electrons. The molecule has 0 spiro atoms. The third kappa shape index (κ3) is 3.45. The summed E-state index contributed by atoms with van der Waals surface area (Å²) in [5, 5.41) is 36.7. The van der Waals surface area contributed by atoms with Gasteiger partial charge in [0.15, 0.2) is 6.29 Å². The lowest BCUT2D eigenvalue weighted by molar-refractivity contribution is -0.285. The highest BCUT2D eigenvalue weighted by Crippen LogP contribution is 2.36. The van der Waals surface area contributed by atoms with Crippen molar-refractivity contribution in [1.29, 1.82) is 0 Å². The molecule has 9 nitrogen and oxygen atoms in total. The van der Waals surface area contributed by atoms with Gasteiger partial charge in [-0.15, -0.1) is 0 Å². The third-order valence-corrected chi connectivity index (χ3v) is 2.58. The van der Waals surface area contributed by atoms with Crippen LogP contribution in [0.1, 0.15) is 0 Å². The smallest absolute Gasteiger partial charge is 0.387 e. The van der Waals surface area contributed by atoms with E-state index in [9.17, 15) is 14.8 Å². The van der Waals surface area contributed by atoms with Crippen LogP contribution in [0.15, 0.2) is 0 Å². The largest absolute Gasteiger partial charge is 0.469 e. The Labute approximate surface area is 90.1 Å². The highest BCUT2D eigenvalue weighted by molar-refractivity contribution is 7.46. The van der Waals surface area contributed by atoms with Gasteiger partial charge in [-0.2, -0.15) is 0 Å². The molecule has 1 heterocycles. The quantitative estimate of drug-likeness (QED) is 0.289. The van der Waals surface area contributed by atoms with Gasteiger partial charge in [0.1, 0.15) is 24.4 Å². The summed E-state index contributed by atoms with van der Waals surface area (Å²) in [5.74, 6) is 0. The first-order valence-corrected chi connectivity index (χ1v) is 5.83. The minimum absolute atomic E-state index is 0.730. The molecule has 0 aromatic rings. The van der Waals surface area contributed by atoms with Gasteiger partial charge in [-0.1, -0.05) is 0 Å². The second-order valence-corrected chi connectivity index (χ2v) is 4.56. The number of aliphatic hydroxyl groups is 4. The zero-order valence-electron chi connectivity index (χ0n) is 7.95. The summed E-state index contributed by atoms with van der Waals surface area (Å²) < 4.78 is 19.0. The summed E-state index contributed by atoms with van der Waals surface area (Å²) >= 11 is 0. The van der Waals surface area contributed by atoms with Crippen molar-refractivity contribution >= 4 is 7.82 Å². The van der Waals surface area contributed by atoms with Gasteiger partial charge in [-0.3, -0.25) is 4.52 Å². The van der Waals surface area contributed by atoms with Crippen molar-refractivity contribution in [2.75, 3.05) is 6.61 Å². The maximum absolute atomic E-state index is 10.4. The molecule has 96 valence electrons. The molecule has 0 aromatic heterocycles. The van der Waals surface area contributed by atoms with Gasteiger partial charge >= 0.3 is 7.82 Å². The van der Waals surface area contributed by atoms with Gasteiger partial charge in [-0.25, -0.2) is 4.57 Å². The Morgan fingerprint density at radius 2 is 1.62 bits per heavy atom. The summed E-state index contributed by atoms with van der Waals surface area (Å²) in [6, 6.07) is 0. The minimum atomic E-state index is -4.73. The summed E-state index contributed by atoms with van der Waals surface area (Å²) in [7, 11) is -4.73. The van der Waals surface area contributed by atoms with Crippen LogP contribution in [0.25, 0.3) is 0 Å². The number of phosphoric acid groups is 1. The summed E-state index contributed by atoms with van der Waals surface area (Å²) in [5.41, 5.74) is 0. The lowest BCUT2D eigenvalue weighted by Gasteiger charge is -2.38. The molecule has 10 heteroatoms. The molecule has 1 rings (SSSR count). The molecule has 6 N–H and O–H groups in total. The zero-order chi connectivity index (χ0) is 12.5. The van der Waals surface area contributed by atoms with E-state index in [1.807, 2.05) is 0 Å². The van der Waals surface area contributed by atoms with Gasteiger partial charge < -0.3 is 34.9 Å². The van der Waals surface area contributed by atoms with Crippen LogP contribution in [0.3, 0.4) is 0 Å². The molecule has 1 aliphatic heterocycles. The molecule has 2 unspecified atom stereocenters. The van der Waals surface area contributed by atoms with E-state index >= 15 is 0 Å². The lowest BCUT2D eigenvalue weighted by atomic mass is 10.00. The van der Waals surface area contributed by atoms with E-state index in [2.05, 4.69) is 9.26 Å². The van der Waals surface area contributed by atoms with E-state index in [4.69, 9.17) is 20.0 Å². The summed E-state index contributed by atoms with van der Waals surface area (Å²) in [6.45, 7) is -0.730. The molecule has 1 aliphatic rings. The van der Waals surface area contributed by atoms with E-state index in [1.54, 1.807) is 0 Å². The Morgan fingerprint density at radius 1 is 1.06 bits per heavy atom. The third-order valence-electron chi connectivity index (χ3n) is 2.09. The molecular weight excluding hydrogens is 247 g/mol. The van der Waals surface area contributed by atoms with Gasteiger partial charge in [0, 0.05) is 0 Å². The monoisotopic (exact) mass is 260 g/mol. The Balaban J connectivity index is 2.57. The predicted molar refractivity (Wildman–Crippen MR) is 46.9 cm³/mol. The maximum Gasteiger partial charge on any atom is 0.469 e. The van der Waals surface area contributed by atoms with Crippen LogP contribution in [-0.4, -0.2) is 67.5 Å². The van der Waals surface area contributed by atoms with Crippen LogP contribution in [0, 0.1) is 0 Å². The molecule has 1 fully saturated rings. The number of hydrogen-bond donors (Lipinski definition) is 6. The van der Waals surface area contributed by atoms with Crippen LogP contribution >= 0.6 is 7.82 Å². The normalized spacial score (nSPS) is 41.0. The minimum Gasteiger partial charge on any atom is -0.387 e. The molecule has 0 aliphatic carbocycles. The van der Waals surface area contributed by atoms with Crippen molar-refractivity contribution < 1.29 is 44.0 Å². The summed E-state index contributed by atoms with van der Waals surface area (Å²) in [4.78, 5) is 16.8. The molecule has 1 saturated heterocycles. The number of hydrogen-bond acceptors (Lipinski definition) is 7. The van der Waals surface area contributed by atoms with Gasteiger partial charge in [-0.05, 0) is 0 Å². The fourth-order valence-corrected chi connectivity index (χ4v) is 1.58. The van der Waals surface area contributed by atoms with E-state index < -0.39 is 45.1 Å². The standard InChI is InChI=1S/C6H13O9P/c7-3-2(1-14-16(11,12)13)15-6(10)5(9)4(3)8/h2-10H,1H2,(H2,11,12,13)/t2?,3-,4?,5-,6+/m1/s1. The predicted octanol–water partition coefficient (Wildman–Crippen LogP) is -3.10. The maximum atomic E-state index is 10.4. The first kappa shape index (κ1) is 14.0. The van der Waals surface area contributed by atoms with Crippen LogP contribution < -0.4 is 0 Å². The van der Waals surface area contributed by atoms with Gasteiger partial charge in [0.25, 0.3) is 0 Å². The molecular formula is C6H13O9P. The zero-order valence-corrected chi connectivity index (χ0v) is 8.84. The SMILES string of the molecule is O=P(O)(O)OCC1O[C@H](O)[C@H](O)C(O)[C@@H]1O. The van der Waals surface area contributed by atoms with Gasteiger partial charge in [0.2, 0.25) is 0 Å². The first-order chi connectivity index (χ1) is 7.22. The molecule has 5 atom stereocenters. The molecule has 16 heavy (non-hydrogen) atoms. The van der Waals surface area contributed by atoms with Crippen LogP contribution in [0.2, 0.25) is 0 Å². The van der Waals surface area contributed by atoms with Crippen LogP contribution in [0.4, 0.5) is 0 Å². The number of rotatable bonds is 3. The van der Waals surface area contributed by atoms with Crippen molar-refractivity contribution in [3.63, 3.8) is 0 Å². The fourth-order valence-electron chi connectivity index (χ4n) is 1.24. The summed E-state index contributed by atoms with van der Waals surface area (Å²) in [6.07, 6.45) is -8.11. The average molecular weight is 260 g/mol. The van der Waals surface area contributed by atoms with Gasteiger partial charge in [0.05, 0.1) is 6.61 Å². The van der Waals surface area contributed by atoms with E-state index in [0.29, 0.717) is 0 Å². The Morgan fingerprint density at radius 3 is 2.12 bits per heavy atom. The van der Waals surface area contributed by atoms with E-state index in [1.165, 1.54) is 0 Å². The lowest BCUT2D eigenvalue weighted by Crippen LogP contribution is -2.58. The topological polar surface area (TPSA) is 157 Å². The Bertz CT molecular complexity index is 277. The van der Waals surface area contributed by atoms with Crippen LogP contribution in [-0.2, 0) is 13.8 Å². The second kappa shape index (κ2) is 5.05. The van der Waals surface area contributed by atoms with Crippen molar-refractivity contribution in [2.24, 2.45) is 0 Å². The van der Waals surface area contributed by atoms with Crippen molar-refractivity contribution in [3.8, 4) is 0 Å². The number of aliphatic hydroxyl groups excluding tert-OH is 4. The Hall–Kier alpha value is -0.0900. The molecule has 0 amide bonds. The fraction of sp³-hybridized carbons (Fsp3) is 1.00. The van der Waals surface area contributed by atoms with Crippen molar-refractivity contribution in [1.82, 2.24) is 0 Å². The number of phosphoric ester groups is 1. The van der Waals surface area contributed by atoms with Crippen molar-refractivity contribution in [2.45, 2.75) is 30.7 Å². The molecule has 0 saturated carbocycles. The Kier molecular flexibility index (Phi) is 4.41. The highest BCUT2D eigenvalue weighted by Gasteiger charge is 2.43. The molecule has 0 aromatic carbocycles. The molecule has 0 bridgehead atoms. The van der Waals surface area contributed by atoms with Crippen molar-refractivity contribution in [3.05, 3.63) is 0 Å². The van der Waals surface area contributed by atoms with E-state index in [0.717, 1.165) is 0 Å². The average Bonchev–Trinajstić information content (AvgIpc) is 2.17. The second-order valence-electron chi connectivity index (χ2n) is 3.32. The first-order valence-electron chi connectivity index (χ1n) is 4.30. The highest BCUT2D eigenvalue weighted by atomic mass is 31.2. The van der Waals surface area contributed by atoms with Crippen LogP contribution in [0.5, 0.6) is 0 Å². The van der Waals surface area contributed by atoms with E-state index in [-0.39, 0.29) is 0 Å².